The normalized spacial score (nSPS) is 9.56. The summed E-state index contributed by atoms with van der Waals surface area (Å²) >= 11 is 0. The van der Waals surface area contributed by atoms with Crippen molar-refractivity contribution < 1.29 is 0 Å². The van der Waals surface area contributed by atoms with Crippen LogP contribution in [0.3, 0.4) is 0 Å². The lowest BCUT2D eigenvalue weighted by atomic mass is 10.00. The molecule has 0 aliphatic carbocycles. The Labute approximate surface area is 115 Å². The molecule has 0 saturated carbocycles. The third kappa shape index (κ3) is 3.73. The summed E-state index contributed by atoms with van der Waals surface area (Å²) in [4.78, 5) is 0. The van der Waals surface area contributed by atoms with Gasteiger partial charge in [0.05, 0.1) is 0 Å². The van der Waals surface area contributed by atoms with Gasteiger partial charge in [-0.25, -0.2) is 0 Å². The lowest BCUT2D eigenvalue weighted by Gasteiger charge is -2.09. The van der Waals surface area contributed by atoms with Crippen molar-refractivity contribution in [2.24, 2.45) is 0 Å². The third-order valence-electron chi connectivity index (χ3n) is 2.71. The minimum atomic E-state index is 0. The van der Waals surface area contributed by atoms with Crippen molar-refractivity contribution in [2.45, 2.75) is 6.54 Å². The van der Waals surface area contributed by atoms with E-state index in [1.165, 1.54) is 16.7 Å². The Kier molecular flexibility index (Phi) is 6.20. The van der Waals surface area contributed by atoms with E-state index in [1.807, 2.05) is 12.1 Å². The molecule has 0 aromatic heterocycles. The smallest absolute Gasteiger partial charge is 0.0214 e. The van der Waals surface area contributed by atoms with Crippen LogP contribution in [0.15, 0.2) is 67.3 Å². The second kappa shape index (κ2) is 7.70. The first-order valence-electron chi connectivity index (χ1n) is 5.87. The van der Waals surface area contributed by atoms with Gasteiger partial charge in [0, 0.05) is 13.1 Å². The van der Waals surface area contributed by atoms with Crippen molar-refractivity contribution in [1.29, 1.82) is 0 Å². The van der Waals surface area contributed by atoms with Crippen molar-refractivity contribution in [3.8, 4) is 11.1 Å². The van der Waals surface area contributed by atoms with Crippen molar-refractivity contribution in [3.05, 3.63) is 72.8 Å². The predicted molar refractivity (Wildman–Crippen MR) is 81.0 cm³/mol. The Hall–Kier alpha value is -1.57. The average Bonchev–Trinajstić information content (AvgIpc) is 2.41. The molecule has 1 N–H and O–H groups in total. The molecule has 0 bridgehead atoms. The Bertz CT molecular complexity index is 479. The first-order chi connectivity index (χ1) is 8.42. The van der Waals surface area contributed by atoms with Crippen LogP contribution in [0.4, 0.5) is 0 Å². The van der Waals surface area contributed by atoms with E-state index < -0.39 is 0 Å². The van der Waals surface area contributed by atoms with Crippen LogP contribution in [-0.4, -0.2) is 6.54 Å². The van der Waals surface area contributed by atoms with E-state index in [0.717, 1.165) is 13.1 Å². The van der Waals surface area contributed by atoms with Gasteiger partial charge in [-0.05, 0) is 16.7 Å². The van der Waals surface area contributed by atoms with Gasteiger partial charge in [-0.3, -0.25) is 0 Å². The van der Waals surface area contributed by atoms with E-state index in [0.29, 0.717) is 0 Å². The second-order valence-electron chi connectivity index (χ2n) is 3.94. The average molecular weight is 260 g/mol. The zero-order chi connectivity index (χ0) is 11.9. The highest BCUT2D eigenvalue weighted by Crippen LogP contribution is 2.22. The van der Waals surface area contributed by atoms with Crippen molar-refractivity contribution in [2.75, 3.05) is 6.54 Å². The number of hydrogen-bond acceptors (Lipinski definition) is 1. The third-order valence-corrected chi connectivity index (χ3v) is 2.71. The number of benzene rings is 2. The maximum Gasteiger partial charge on any atom is 0.0214 e. The molecule has 0 unspecified atom stereocenters. The maximum atomic E-state index is 3.71. The molecular formula is C16H18ClN. The van der Waals surface area contributed by atoms with Gasteiger partial charge in [0.15, 0.2) is 0 Å². The Morgan fingerprint density at radius 3 is 2.33 bits per heavy atom. The van der Waals surface area contributed by atoms with Crippen LogP contribution < -0.4 is 5.32 Å². The van der Waals surface area contributed by atoms with E-state index in [4.69, 9.17) is 0 Å². The van der Waals surface area contributed by atoms with Gasteiger partial charge >= 0.3 is 0 Å². The van der Waals surface area contributed by atoms with Crippen LogP contribution in [0, 0.1) is 0 Å². The highest BCUT2D eigenvalue weighted by Gasteiger charge is 2.02. The van der Waals surface area contributed by atoms with Crippen LogP contribution in [0.1, 0.15) is 5.56 Å². The number of halogens is 1. The highest BCUT2D eigenvalue weighted by molar-refractivity contribution is 5.85. The molecule has 0 heterocycles. The highest BCUT2D eigenvalue weighted by atomic mass is 35.5. The van der Waals surface area contributed by atoms with Crippen LogP contribution in [-0.2, 0) is 6.54 Å². The van der Waals surface area contributed by atoms with Gasteiger partial charge in [-0.1, -0.05) is 60.7 Å². The van der Waals surface area contributed by atoms with Gasteiger partial charge in [0.2, 0.25) is 0 Å². The zero-order valence-corrected chi connectivity index (χ0v) is 11.1. The molecule has 0 spiro atoms. The van der Waals surface area contributed by atoms with Gasteiger partial charge in [0.1, 0.15) is 0 Å². The molecule has 18 heavy (non-hydrogen) atoms. The molecule has 0 atom stereocenters. The SMILES string of the molecule is C=CCNCc1ccccc1-c1ccccc1.Cl. The Morgan fingerprint density at radius 1 is 0.944 bits per heavy atom. The van der Waals surface area contributed by atoms with Gasteiger partial charge in [0.25, 0.3) is 0 Å². The fraction of sp³-hybridized carbons (Fsp3) is 0.125. The second-order valence-corrected chi connectivity index (χ2v) is 3.94. The zero-order valence-electron chi connectivity index (χ0n) is 10.3. The fourth-order valence-electron chi connectivity index (χ4n) is 1.88. The summed E-state index contributed by atoms with van der Waals surface area (Å²) in [5, 5.41) is 3.34. The molecule has 0 saturated heterocycles. The topological polar surface area (TPSA) is 12.0 Å². The molecule has 0 aliphatic heterocycles. The van der Waals surface area contributed by atoms with Crippen LogP contribution in [0.5, 0.6) is 0 Å². The van der Waals surface area contributed by atoms with E-state index in [2.05, 4.69) is 60.4 Å². The molecule has 0 radical (unpaired) electrons. The van der Waals surface area contributed by atoms with Crippen LogP contribution in [0.25, 0.3) is 11.1 Å². The summed E-state index contributed by atoms with van der Waals surface area (Å²) in [6.45, 7) is 5.42. The summed E-state index contributed by atoms with van der Waals surface area (Å²) in [6.07, 6.45) is 1.88. The van der Waals surface area contributed by atoms with Gasteiger partial charge in [-0.15, -0.1) is 19.0 Å². The number of rotatable bonds is 5. The molecular weight excluding hydrogens is 242 g/mol. The lowest BCUT2D eigenvalue weighted by Crippen LogP contribution is -2.13. The van der Waals surface area contributed by atoms with Crippen LogP contribution in [0.2, 0.25) is 0 Å². The molecule has 94 valence electrons. The molecule has 0 aliphatic rings. The molecule has 0 amide bonds. The summed E-state index contributed by atoms with van der Waals surface area (Å²) in [5.41, 5.74) is 3.88. The predicted octanol–water partition coefficient (Wildman–Crippen LogP) is 4.05. The Morgan fingerprint density at radius 2 is 1.61 bits per heavy atom. The standard InChI is InChI=1S/C16H17N.ClH/c1-2-12-17-13-15-10-6-7-11-16(15)14-8-4-3-5-9-14;/h2-11,17H,1,12-13H2;1H. The minimum Gasteiger partial charge on any atom is -0.309 e. The van der Waals surface area contributed by atoms with E-state index in [9.17, 15) is 0 Å². The number of hydrogen-bond donors (Lipinski definition) is 1. The fourth-order valence-corrected chi connectivity index (χ4v) is 1.88. The largest absolute Gasteiger partial charge is 0.309 e. The van der Waals surface area contributed by atoms with Gasteiger partial charge in [-0.2, -0.15) is 0 Å². The number of nitrogens with one attached hydrogen (secondary N) is 1. The van der Waals surface area contributed by atoms with Gasteiger partial charge < -0.3 is 5.32 Å². The summed E-state index contributed by atoms with van der Waals surface area (Å²) in [7, 11) is 0. The molecule has 1 nitrogen and oxygen atoms in total. The molecule has 2 rings (SSSR count). The maximum absolute atomic E-state index is 3.71. The Balaban J connectivity index is 0.00000162. The molecule has 0 fully saturated rings. The van der Waals surface area contributed by atoms with Crippen molar-refractivity contribution in [1.82, 2.24) is 5.32 Å². The molecule has 2 aromatic rings. The molecule has 2 aromatic carbocycles. The summed E-state index contributed by atoms with van der Waals surface area (Å²) in [5.74, 6) is 0. The van der Waals surface area contributed by atoms with E-state index in [1.54, 1.807) is 0 Å². The quantitative estimate of drug-likeness (QED) is 0.631. The summed E-state index contributed by atoms with van der Waals surface area (Å²) in [6, 6.07) is 19.0. The van der Waals surface area contributed by atoms with Crippen LogP contribution >= 0.6 is 12.4 Å². The minimum absolute atomic E-state index is 0. The van der Waals surface area contributed by atoms with Crippen molar-refractivity contribution in [3.63, 3.8) is 0 Å². The summed E-state index contributed by atoms with van der Waals surface area (Å²) < 4.78 is 0. The van der Waals surface area contributed by atoms with Crippen molar-refractivity contribution >= 4 is 12.4 Å². The van der Waals surface area contributed by atoms with E-state index >= 15 is 0 Å². The lowest BCUT2D eigenvalue weighted by molar-refractivity contribution is 0.762. The van der Waals surface area contributed by atoms with E-state index in [-0.39, 0.29) is 12.4 Å². The molecule has 2 heteroatoms. The first kappa shape index (κ1) is 14.5. The first-order valence-corrected chi connectivity index (χ1v) is 5.87. The monoisotopic (exact) mass is 259 g/mol.